The van der Waals surface area contributed by atoms with E-state index in [4.69, 9.17) is 16.2 Å². The highest BCUT2D eigenvalue weighted by molar-refractivity contribution is 5.40. The summed E-state index contributed by atoms with van der Waals surface area (Å²) in [5.74, 6) is 0.993. The molecule has 4 N–H and O–H groups in total. The number of ether oxygens (including phenoxy) is 1. The van der Waals surface area contributed by atoms with Gasteiger partial charge >= 0.3 is 0 Å². The van der Waals surface area contributed by atoms with Gasteiger partial charge in [-0.15, -0.1) is 0 Å². The molecule has 0 saturated carbocycles. The van der Waals surface area contributed by atoms with Gasteiger partial charge in [0.15, 0.2) is 0 Å². The zero-order valence-corrected chi connectivity index (χ0v) is 7.49. The van der Waals surface area contributed by atoms with Crippen molar-refractivity contribution in [1.82, 2.24) is 0 Å². The average molecular weight is 178 g/mol. The van der Waals surface area contributed by atoms with Crippen LogP contribution in [0.3, 0.4) is 0 Å². The molecule has 2 rings (SSSR count). The summed E-state index contributed by atoms with van der Waals surface area (Å²) >= 11 is 0. The molecule has 3 heteroatoms. The van der Waals surface area contributed by atoms with Crippen LogP contribution in [0.2, 0.25) is 0 Å². The Hall–Kier alpha value is -1.06. The second-order valence-corrected chi connectivity index (χ2v) is 3.31. The van der Waals surface area contributed by atoms with Crippen LogP contribution >= 0.6 is 0 Å². The molecule has 0 aliphatic carbocycles. The Morgan fingerprint density at radius 1 is 1.46 bits per heavy atom. The van der Waals surface area contributed by atoms with Crippen LogP contribution in [-0.4, -0.2) is 13.2 Å². The monoisotopic (exact) mass is 178 g/mol. The maximum atomic E-state index is 5.82. The van der Waals surface area contributed by atoms with Crippen molar-refractivity contribution >= 4 is 0 Å². The minimum Gasteiger partial charge on any atom is -0.493 e. The van der Waals surface area contributed by atoms with E-state index in [2.05, 4.69) is 6.07 Å². The van der Waals surface area contributed by atoms with E-state index in [-0.39, 0.29) is 6.04 Å². The summed E-state index contributed by atoms with van der Waals surface area (Å²) in [5, 5.41) is 0. The SMILES string of the molecule is NC[C@@H](N)c1ccc2c(c1)CCO2. The molecule has 1 heterocycles. The van der Waals surface area contributed by atoms with Crippen LogP contribution in [-0.2, 0) is 6.42 Å². The third-order valence-electron chi connectivity index (χ3n) is 2.40. The Bertz CT molecular complexity index is 312. The first-order chi connectivity index (χ1) is 6.31. The topological polar surface area (TPSA) is 61.3 Å². The minimum atomic E-state index is -0.0501. The van der Waals surface area contributed by atoms with Crippen molar-refractivity contribution in [2.45, 2.75) is 12.5 Å². The maximum Gasteiger partial charge on any atom is 0.122 e. The molecule has 0 amide bonds. The Morgan fingerprint density at radius 3 is 3.08 bits per heavy atom. The number of fused-ring (bicyclic) bond motifs is 1. The smallest absolute Gasteiger partial charge is 0.122 e. The molecule has 1 aromatic carbocycles. The fraction of sp³-hybridized carbons (Fsp3) is 0.400. The van der Waals surface area contributed by atoms with E-state index < -0.39 is 0 Å². The molecule has 1 atom stereocenters. The van der Waals surface area contributed by atoms with Crippen LogP contribution in [0.25, 0.3) is 0 Å². The van der Waals surface area contributed by atoms with Crippen LogP contribution in [0.1, 0.15) is 17.2 Å². The molecule has 13 heavy (non-hydrogen) atoms. The van der Waals surface area contributed by atoms with Crippen molar-refractivity contribution in [2.24, 2.45) is 11.5 Å². The summed E-state index contributed by atoms with van der Waals surface area (Å²) in [4.78, 5) is 0. The van der Waals surface area contributed by atoms with Crippen LogP contribution < -0.4 is 16.2 Å². The molecule has 0 fully saturated rings. The number of nitrogens with two attached hydrogens (primary N) is 2. The predicted octanol–water partition coefficient (Wildman–Crippen LogP) is 0.580. The first-order valence-electron chi connectivity index (χ1n) is 4.52. The van der Waals surface area contributed by atoms with Gasteiger partial charge < -0.3 is 16.2 Å². The first kappa shape index (κ1) is 8.53. The summed E-state index contributed by atoms with van der Waals surface area (Å²) in [6, 6.07) is 6.01. The zero-order chi connectivity index (χ0) is 9.26. The molecule has 3 nitrogen and oxygen atoms in total. The molecule has 0 aromatic heterocycles. The fourth-order valence-corrected chi connectivity index (χ4v) is 1.57. The fourth-order valence-electron chi connectivity index (χ4n) is 1.57. The van der Waals surface area contributed by atoms with E-state index >= 15 is 0 Å². The highest BCUT2D eigenvalue weighted by Gasteiger charge is 2.13. The van der Waals surface area contributed by atoms with Crippen LogP contribution in [0, 0.1) is 0 Å². The van der Waals surface area contributed by atoms with E-state index in [1.165, 1.54) is 5.56 Å². The summed E-state index contributed by atoms with van der Waals surface area (Å²) < 4.78 is 5.39. The van der Waals surface area contributed by atoms with E-state index in [9.17, 15) is 0 Å². The van der Waals surface area contributed by atoms with Gasteiger partial charge in [0.1, 0.15) is 5.75 Å². The molecular formula is C10H14N2O. The molecule has 0 saturated heterocycles. The second kappa shape index (κ2) is 3.36. The summed E-state index contributed by atoms with van der Waals surface area (Å²) in [6.45, 7) is 1.27. The lowest BCUT2D eigenvalue weighted by Gasteiger charge is -2.09. The zero-order valence-electron chi connectivity index (χ0n) is 7.49. The highest BCUT2D eigenvalue weighted by Crippen LogP contribution is 2.27. The standard InChI is InChI=1S/C10H14N2O/c11-6-9(12)7-1-2-10-8(5-7)3-4-13-10/h1-2,5,9H,3-4,6,11-12H2/t9-/m1/s1. The second-order valence-electron chi connectivity index (χ2n) is 3.31. The predicted molar refractivity (Wildman–Crippen MR) is 51.6 cm³/mol. The minimum absolute atomic E-state index is 0.0501. The van der Waals surface area contributed by atoms with Crippen LogP contribution in [0.5, 0.6) is 5.75 Å². The lowest BCUT2D eigenvalue weighted by Crippen LogP contribution is -2.20. The molecule has 0 bridgehead atoms. The quantitative estimate of drug-likeness (QED) is 0.696. The lowest BCUT2D eigenvalue weighted by atomic mass is 10.0. The van der Waals surface area contributed by atoms with Crippen molar-refractivity contribution < 1.29 is 4.74 Å². The van der Waals surface area contributed by atoms with Gasteiger partial charge in [-0.2, -0.15) is 0 Å². The van der Waals surface area contributed by atoms with Gasteiger partial charge in [-0.3, -0.25) is 0 Å². The summed E-state index contributed by atoms with van der Waals surface area (Å²) in [6.07, 6.45) is 0.987. The summed E-state index contributed by atoms with van der Waals surface area (Å²) in [5.41, 5.74) is 13.7. The van der Waals surface area contributed by atoms with Crippen molar-refractivity contribution in [2.75, 3.05) is 13.2 Å². The summed E-state index contributed by atoms with van der Waals surface area (Å²) in [7, 11) is 0. The van der Waals surface area contributed by atoms with Gasteiger partial charge in [0, 0.05) is 19.0 Å². The number of hydrogen-bond acceptors (Lipinski definition) is 3. The van der Waals surface area contributed by atoms with Gasteiger partial charge in [-0.05, 0) is 17.2 Å². The van der Waals surface area contributed by atoms with E-state index in [1.54, 1.807) is 0 Å². The Kier molecular flexibility index (Phi) is 2.20. The van der Waals surface area contributed by atoms with Gasteiger partial charge in [0.05, 0.1) is 6.61 Å². The Labute approximate surface area is 77.7 Å². The molecule has 0 unspecified atom stereocenters. The molecule has 70 valence electrons. The van der Waals surface area contributed by atoms with Crippen molar-refractivity contribution in [1.29, 1.82) is 0 Å². The highest BCUT2D eigenvalue weighted by atomic mass is 16.5. The van der Waals surface area contributed by atoms with E-state index in [1.807, 2.05) is 12.1 Å². The van der Waals surface area contributed by atoms with Gasteiger partial charge in [0.25, 0.3) is 0 Å². The number of rotatable bonds is 2. The first-order valence-corrected chi connectivity index (χ1v) is 4.52. The van der Waals surface area contributed by atoms with Gasteiger partial charge in [-0.25, -0.2) is 0 Å². The van der Waals surface area contributed by atoms with Gasteiger partial charge in [-0.1, -0.05) is 12.1 Å². The normalized spacial score (nSPS) is 16.5. The molecule has 0 spiro atoms. The van der Waals surface area contributed by atoms with Crippen molar-refractivity contribution in [3.05, 3.63) is 29.3 Å². The lowest BCUT2D eigenvalue weighted by molar-refractivity contribution is 0.357. The van der Waals surface area contributed by atoms with E-state index in [0.717, 1.165) is 24.3 Å². The average Bonchev–Trinajstić information content (AvgIpc) is 2.63. The Balaban J connectivity index is 2.30. The third kappa shape index (κ3) is 1.53. The number of hydrogen-bond donors (Lipinski definition) is 2. The maximum absolute atomic E-state index is 5.82. The largest absolute Gasteiger partial charge is 0.493 e. The number of benzene rings is 1. The molecule has 1 aliphatic heterocycles. The van der Waals surface area contributed by atoms with Gasteiger partial charge in [0.2, 0.25) is 0 Å². The Morgan fingerprint density at radius 2 is 2.31 bits per heavy atom. The van der Waals surface area contributed by atoms with Crippen LogP contribution in [0.4, 0.5) is 0 Å². The molecule has 0 radical (unpaired) electrons. The van der Waals surface area contributed by atoms with E-state index in [0.29, 0.717) is 6.54 Å². The van der Waals surface area contributed by atoms with Crippen molar-refractivity contribution in [3.8, 4) is 5.75 Å². The van der Waals surface area contributed by atoms with Crippen molar-refractivity contribution in [3.63, 3.8) is 0 Å². The third-order valence-corrected chi connectivity index (χ3v) is 2.40. The van der Waals surface area contributed by atoms with Crippen LogP contribution in [0.15, 0.2) is 18.2 Å². The molecular weight excluding hydrogens is 164 g/mol. The molecule has 1 aliphatic rings. The molecule has 1 aromatic rings.